The van der Waals surface area contributed by atoms with Crippen molar-refractivity contribution in [2.45, 2.75) is 56.9 Å². The molecule has 1 heterocycles. The summed E-state index contributed by atoms with van der Waals surface area (Å²) in [5.74, 6) is 2.31. The molecule has 2 fully saturated rings. The number of rotatable bonds is 7. The van der Waals surface area contributed by atoms with E-state index >= 15 is 0 Å². The summed E-state index contributed by atoms with van der Waals surface area (Å²) in [5, 5.41) is 7.63. The normalized spacial score (nSPS) is 25.0. The molecule has 2 unspecified atom stereocenters. The minimum absolute atomic E-state index is 0.527. The molecule has 2 rings (SSSR count). The molecule has 2 atom stereocenters. The van der Waals surface area contributed by atoms with Crippen molar-refractivity contribution in [3.8, 4) is 0 Å². The van der Waals surface area contributed by atoms with Gasteiger partial charge < -0.3 is 10.6 Å². The molecule has 5 heteroatoms. The second-order valence-electron chi connectivity index (χ2n) is 5.98. The van der Waals surface area contributed by atoms with Gasteiger partial charge in [0.15, 0.2) is 5.96 Å². The molecular weight excluding hydrogens is 268 g/mol. The van der Waals surface area contributed by atoms with E-state index in [-0.39, 0.29) is 0 Å². The Morgan fingerprint density at radius 3 is 2.75 bits per heavy atom. The standard InChI is InChI=1S/C15H30N4S/c1-4-16-15(18-11-14-6-5-9-20-14)17-10-12(2)19(3)13-7-8-13/h12-14H,4-11H2,1-3H3,(H2,16,17,18). The van der Waals surface area contributed by atoms with Gasteiger partial charge in [0, 0.05) is 30.4 Å². The highest BCUT2D eigenvalue weighted by atomic mass is 32.2. The van der Waals surface area contributed by atoms with Crippen molar-refractivity contribution in [3.05, 3.63) is 0 Å². The molecule has 0 aromatic rings. The zero-order chi connectivity index (χ0) is 14.4. The van der Waals surface area contributed by atoms with E-state index in [4.69, 9.17) is 4.99 Å². The average Bonchev–Trinajstić information content (AvgIpc) is 3.17. The first-order valence-electron chi connectivity index (χ1n) is 8.06. The zero-order valence-electron chi connectivity index (χ0n) is 13.2. The van der Waals surface area contributed by atoms with Crippen LogP contribution < -0.4 is 10.6 Å². The fourth-order valence-electron chi connectivity index (χ4n) is 2.55. The lowest BCUT2D eigenvalue weighted by Crippen LogP contribution is -2.41. The molecule has 0 radical (unpaired) electrons. The number of hydrogen-bond acceptors (Lipinski definition) is 3. The van der Waals surface area contributed by atoms with Crippen LogP contribution in [-0.4, -0.2) is 60.6 Å². The maximum absolute atomic E-state index is 4.75. The van der Waals surface area contributed by atoms with Gasteiger partial charge in [-0.3, -0.25) is 9.89 Å². The van der Waals surface area contributed by atoms with Crippen LogP contribution in [0.2, 0.25) is 0 Å². The summed E-state index contributed by atoms with van der Waals surface area (Å²) in [6, 6.07) is 1.34. The molecule has 0 bridgehead atoms. The quantitative estimate of drug-likeness (QED) is 0.556. The predicted molar refractivity (Wildman–Crippen MR) is 89.7 cm³/mol. The van der Waals surface area contributed by atoms with Crippen LogP contribution in [0.4, 0.5) is 0 Å². The molecule has 116 valence electrons. The minimum atomic E-state index is 0.527. The Labute approximate surface area is 128 Å². The molecule has 20 heavy (non-hydrogen) atoms. The largest absolute Gasteiger partial charge is 0.357 e. The van der Waals surface area contributed by atoms with E-state index in [1.165, 1.54) is 31.4 Å². The Morgan fingerprint density at radius 2 is 2.15 bits per heavy atom. The van der Waals surface area contributed by atoms with Crippen LogP contribution in [0.1, 0.15) is 39.5 Å². The van der Waals surface area contributed by atoms with E-state index in [1.807, 2.05) is 0 Å². The molecule has 1 saturated carbocycles. The van der Waals surface area contributed by atoms with E-state index in [2.05, 4.69) is 48.2 Å². The summed E-state index contributed by atoms with van der Waals surface area (Å²) in [7, 11) is 2.23. The lowest BCUT2D eigenvalue weighted by atomic mass is 10.2. The molecule has 2 N–H and O–H groups in total. The number of hydrogen-bond donors (Lipinski definition) is 2. The summed E-state index contributed by atoms with van der Waals surface area (Å²) in [4.78, 5) is 7.22. The maximum atomic E-state index is 4.75. The Morgan fingerprint density at radius 1 is 1.35 bits per heavy atom. The molecule has 4 nitrogen and oxygen atoms in total. The van der Waals surface area contributed by atoms with Gasteiger partial charge in [-0.2, -0.15) is 11.8 Å². The predicted octanol–water partition coefficient (Wildman–Crippen LogP) is 1.92. The third kappa shape index (κ3) is 5.17. The first kappa shape index (κ1) is 16.0. The fourth-order valence-corrected chi connectivity index (χ4v) is 3.75. The van der Waals surface area contributed by atoms with Crippen LogP contribution in [0.5, 0.6) is 0 Å². The van der Waals surface area contributed by atoms with Crippen molar-refractivity contribution in [3.63, 3.8) is 0 Å². The third-order valence-corrected chi connectivity index (χ3v) is 5.60. The third-order valence-electron chi connectivity index (χ3n) is 4.20. The van der Waals surface area contributed by atoms with Crippen molar-refractivity contribution in [1.82, 2.24) is 15.5 Å². The monoisotopic (exact) mass is 298 g/mol. The topological polar surface area (TPSA) is 39.7 Å². The van der Waals surface area contributed by atoms with E-state index in [0.29, 0.717) is 6.04 Å². The summed E-state index contributed by atoms with van der Waals surface area (Å²) >= 11 is 2.09. The van der Waals surface area contributed by atoms with Gasteiger partial charge in [0.1, 0.15) is 0 Å². The first-order valence-corrected chi connectivity index (χ1v) is 9.11. The zero-order valence-corrected chi connectivity index (χ0v) is 14.0. The van der Waals surface area contributed by atoms with E-state index in [1.54, 1.807) is 0 Å². The van der Waals surface area contributed by atoms with Gasteiger partial charge in [0.05, 0.1) is 6.54 Å². The van der Waals surface area contributed by atoms with Gasteiger partial charge in [0.2, 0.25) is 0 Å². The first-order chi connectivity index (χ1) is 9.70. The van der Waals surface area contributed by atoms with Crippen molar-refractivity contribution >= 4 is 17.7 Å². The highest BCUT2D eigenvalue weighted by Crippen LogP contribution is 2.27. The number of nitrogens with one attached hydrogen (secondary N) is 2. The van der Waals surface area contributed by atoms with Gasteiger partial charge in [0.25, 0.3) is 0 Å². The van der Waals surface area contributed by atoms with Gasteiger partial charge in [-0.05, 0) is 52.3 Å². The van der Waals surface area contributed by atoms with E-state index in [9.17, 15) is 0 Å². The summed E-state index contributed by atoms with van der Waals surface area (Å²) in [6.07, 6.45) is 5.44. The molecule has 0 spiro atoms. The summed E-state index contributed by atoms with van der Waals surface area (Å²) in [6.45, 7) is 7.25. The van der Waals surface area contributed by atoms with Crippen LogP contribution >= 0.6 is 11.8 Å². The maximum Gasteiger partial charge on any atom is 0.191 e. The second-order valence-corrected chi connectivity index (χ2v) is 7.39. The Kier molecular flexibility index (Phi) is 6.49. The number of thioether (sulfide) groups is 1. The van der Waals surface area contributed by atoms with Crippen molar-refractivity contribution in [2.24, 2.45) is 4.99 Å². The van der Waals surface area contributed by atoms with Gasteiger partial charge in [-0.1, -0.05) is 0 Å². The van der Waals surface area contributed by atoms with Crippen LogP contribution in [0, 0.1) is 0 Å². The van der Waals surface area contributed by atoms with Gasteiger partial charge >= 0.3 is 0 Å². The molecule has 0 aromatic carbocycles. The average molecular weight is 298 g/mol. The number of likely N-dealkylation sites (N-methyl/N-ethyl adjacent to an activating group) is 1. The summed E-state index contributed by atoms with van der Waals surface area (Å²) in [5.41, 5.74) is 0. The molecule has 0 aromatic heterocycles. The SMILES string of the molecule is CCNC(=NCC(C)N(C)C1CC1)NCC1CCCS1. The van der Waals surface area contributed by atoms with Crippen molar-refractivity contribution in [1.29, 1.82) is 0 Å². The lowest BCUT2D eigenvalue weighted by molar-refractivity contribution is 0.253. The molecule has 2 aliphatic rings. The van der Waals surface area contributed by atoms with E-state index < -0.39 is 0 Å². The van der Waals surface area contributed by atoms with Crippen molar-refractivity contribution in [2.75, 3.05) is 32.4 Å². The number of guanidine groups is 1. The van der Waals surface area contributed by atoms with Gasteiger partial charge in [-0.15, -0.1) is 0 Å². The fraction of sp³-hybridized carbons (Fsp3) is 0.933. The van der Waals surface area contributed by atoms with E-state index in [0.717, 1.165) is 36.9 Å². The highest BCUT2D eigenvalue weighted by molar-refractivity contribution is 8.00. The smallest absolute Gasteiger partial charge is 0.191 e. The van der Waals surface area contributed by atoms with Crippen LogP contribution in [0.15, 0.2) is 4.99 Å². The highest BCUT2D eigenvalue weighted by Gasteiger charge is 2.28. The molecule has 1 aliphatic carbocycles. The number of nitrogens with zero attached hydrogens (tertiary/aromatic N) is 2. The van der Waals surface area contributed by atoms with Gasteiger partial charge in [-0.25, -0.2) is 0 Å². The van der Waals surface area contributed by atoms with Crippen LogP contribution in [-0.2, 0) is 0 Å². The number of aliphatic imine (C=N–C) groups is 1. The molecule has 1 saturated heterocycles. The summed E-state index contributed by atoms with van der Waals surface area (Å²) < 4.78 is 0. The van der Waals surface area contributed by atoms with Crippen LogP contribution in [0.25, 0.3) is 0 Å². The lowest BCUT2D eigenvalue weighted by Gasteiger charge is -2.23. The Hall–Kier alpha value is -0.420. The van der Waals surface area contributed by atoms with Crippen LogP contribution in [0.3, 0.4) is 0 Å². The van der Waals surface area contributed by atoms with Crippen molar-refractivity contribution < 1.29 is 0 Å². The molecule has 1 aliphatic heterocycles. The molecule has 0 amide bonds. The second kappa shape index (κ2) is 8.13. The Bertz CT molecular complexity index is 311. The minimum Gasteiger partial charge on any atom is -0.357 e. The molecular formula is C15H30N4S. The Balaban J connectivity index is 1.74.